The average molecular weight is 317 g/mol. The van der Waals surface area contributed by atoms with E-state index in [0.717, 1.165) is 22.0 Å². The lowest BCUT2D eigenvalue weighted by Crippen LogP contribution is -2.01. The van der Waals surface area contributed by atoms with Crippen LogP contribution < -0.4 is 0 Å². The number of aryl methyl sites for hydroxylation is 1. The van der Waals surface area contributed by atoms with Gasteiger partial charge in [0, 0.05) is 15.6 Å². The fourth-order valence-corrected chi connectivity index (χ4v) is 2.40. The molecule has 0 amide bonds. The average Bonchev–Trinajstić information content (AvgIpc) is 2.45. The molecule has 0 saturated carbocycles. The lowest BCUT2D eigenvalue weighted by atomic mass is 10.0. The number of hydrogen-bond acceptors (Lipinski definition) is 1. The monoisotopic (exact) mass is 316 g/mol. The molecule has 2 heteroatoms. The van der Waals surface area contributed by atoms with Crippen molar-refractivity contribution in [2.45, 2.75) is 26.2 Å². The summed E-state index contributed by atoms with van der Waals surface area (Å²) < 4.78 is 0.929. The van der Waals surface area contributed by atoms with Crippen molar-refractivity contribution in [2.75, 3.05) is 0 Å². The largest absolute Gasteiger partial charge is 0.289 e. The van der Waals surface area contributed by atoms with Gasteiger partial charge in [0.25, 0.3) is 0 Å². The molecule has 0 atom stereocenters. The lowest BCUT2D eigenvalue weighted by Gasteiger charge is -2.04. The van der Waals surface area contributed by atoms with E-state index >= 15 is 0 Å². The molecule has 0 heterocycles. The zero-order chi connectivity index (χ0) is 13.7. The number of halogens is 1. The summed E-state index contributed by atoms with van der Waals surface area (Å²) in [7, 11) is 0. The van der Waals surface area contributed by atoms with Crippen molar-refractivity contribution in [3.8, 4) is 0 Å². The predicted octanol–water partition coefficient (Wildman–Crippen LogP) is 5.02. The van der Waals surface area contributed by atoms with Crippen LogP contribution in [0.3, 0.4) is 0 Å². The van der Waals surface area contributed by atoms with Gasteiger partial charge in [-0.05, 0) is 30.5 Å². The second kappa shape index (κ2) is 6.67. The highest BCUT2D eigenvalue weighted by Crippen LogP contribution is 2.16. The fraction of sp³-hybridized carbons (Fsp3) is 0.235. The van der Waals surface area contributed by atoms with Crippen LogP contribution in [0.5, 0.6) is 0 Å². The summed E-state index contributed by atoms with van der Waals surface area (Å²) in [5.41, 5.74) is 2.77. The molecule has 0 fully saturated rings. The number of carbonyl (C=O) groups excluding carboxylic acids is 1. The van der Waals surface area contributed by atoms with Crippen LogP contribution in [0.25, 0.3) is 0 Å². The van der Waals surface area contributed by atoms with Crippen molar-refractivity contribution in [2.24, 2.45) is 0 Å². The summed E-state index contributed by atoms with van der Waals surface area (Å²) in [5.74, 6) is 0.0725. The van der Waals surface area contributed by atoms with E-state index in [1.807, 2.05) is 36.4 Å². The second-order valence-electron chi connectivity index (χ2n) is 4.64. The molecule has 0 spiro atoms. The van der Waals surface area contributed by atoms with Crippen molar-refractivity contribution in [1.29, 1.82) is 0 Å². The van der Waals surface area contributed by atoms with Crippen LogP contribution in [0.4, 0.5) is 0 Å². The minimum atomic E-state index is 0.0725. The van der Waals surface area contributed by atoms with E-state index in [1.54, 1.807) is 0 Å². The Bertz CT molecular complexity index is 558. The maximum atomic E-state index is 12.3. The van der Waals surface area contributed by atoms with Crippen molar-refractivity contribution in [3.63, 3.8) is 0 Å². The molecule has 19 heavy (non-hydrogen) atoms. The van der Waals surface area contributed by atoms with E-state index in [1.165, 1.54) is 18.4 Å². The molecule has 0 aliphatic rings. The third kappa shape index (κ3) is 3.77. The molecular weight excluding hydrogens is 300 g/mol. The van der Waals surface area contributed by atoms with Gasteiger partial charge < -0.3 is 0 Å². The van der Waals surface area contributed by atoms with E-state index in [9.17, 15) is 4.79 Å². The number of rotatable bonds is 5. The Morgan fingerprint density at radius 1 is 1.05 bits per heavy atom. The number of benzene rings is 2. The summed E-state index contributed by atoms with van der Waals surface area (Å²) in [4.78, 5) is 12.3. The van der Waals surface area contributed by atoms with Crippen LogP contribution in [0.15, 0.2) is 53.0 Å². The molecule has 0 aliphatic heterocycles. The molecule has 0 N–H and O–H groups in total. The Morgan fingerprint density at radius 3 is 2.42 bits per heavy atom. The molecule has 2 rings (SSSR count). The topological polar surface area (TPSA) is 17.1 Å². The first-order valence-corrected chi connectivity index (χ1v) is 7.39. The van der Waals surface area contributed by atoms with E-state index in [-0.39, 0.29) is 5.78 Å². The number of hydrogen-bond donors (Lipinski definition) is 0. The Hall–Kier alpha value is -1.41. The first-order valence-electron chi connectivity index (χ1n) is 6.60. The van der Waals surface area contributed by atoms with Gasteiger partial charge in [0.15, 0.2) is 5.78 Å². The minimum Gasteiger partial charge on any atom is -0.289 e. The summed E-state index contributed by atoms with van der Waals surface area (Å²) in [6.45, 7) is 2.19. The van der Waals surface area contributed by atoms with Crippen molar-refractivity contribution in [1.82, 2.24) is 0 Å². The molecule has 0 bridgehead atoms. The van der Waals surface area contributed by atoms with Crippen molar-refractivity contribution in [3.05, 3.63) is 69.7 Å². The molecule has 2 aromatic rings. The summed E-state index contributed by atoms with van der Waals surface area (Å²) in [5, 5.41) is 0. The molecule has 0 saturated heterocycles. The van der Waals surface area contributed by atoms with Gasteiger partial charge in [-0.25, -0.2) is 0 Å². The minimum absolute atomic E-state index is 0.0725. The van der Waals surface area contributed by atoms with Crippen LogP contribution in [0.1, 0.15) is 41.3 Å². The van der Waals surface area contributed by atoms with Crippen LogP contribution in [0, 0.1) is 0 Å². The molecule has 0 radical (unpaired) electrons. The van der Waals surface area contributed by atoms with Crippen LogP contribution in [-0.2, 0) is 6.42 Å². The summed E-state index contributed by atoms with van der Waals surface area (Å²) in [6.07, 6.45) is 3.47. The van der Waals surface area contributed by atoms with Gasteiger partial charge in [0.05, 0.1) is 0 Å². The zero-order valence-corrected chi connectivity index (χ0v) is 12.6. The zero-order valence-electron chi connectivity index (χ0n) is 11.0. The Balaban J connectivity index is 2.15. The van der Waals surface area contributed by atoms with Crippen molar-refractivity contribution < 1.29 is 4.79 Å². The molecule has 2 aromatic carbocycles. The molecule has 1 nitrogen and oxygen atoms in total. The standard InChI is InChI=1S/C17H17BrO/c1-2-3-5-13-8-10-14(11-9-13)17(19)15-6-4-7-16(18)12-15/h4,6-12H,2-3,5H2,1H3. The number of unbranched alkanes of at least 4 members (excludes halogenated alkanes) is 1. The molecular formula is C17H17BrO. The highest BCUT2D eigenvalue weighted by atomic mass is 79.9. The van der Waals surface area contributed by atoms with Gasteiger partial charge in [-0.2, -0.15) is 0 Å². The smallest absolute Gasteiger partial charge is 0.193 e. The van der Waals surface area contributed by atoms with Crippen molar-refractivity contribution >= 4 is 21.7 Å². The molecule has 98 valence electrons. The molecule has 0 aromatic heterocycles. The van der Waals surface area contributed by atoms with Gasteiger partial charge >= 0.3 is 0 Å². The summed E-state index contributed by atoms with van der Waals surface area (Å²) >= 11 is 3.39. The number of ketones is 1. The third-order valence-corrected chi connectivity index (χ3v) is 3.62. The Labute approximate surface area is 122 Å². The van der Waals surface area contributed by atoms with Crippen LogP contribution in [0.2, 0.25) is 0 Å². The van der Waals surface area contributed by atoms with E-state index in [0.29, 0.717) is 0 Å². The normalized spacial score (nSPS) is 10.4. The summed E-state index contributed by atoms with van der Waals surface area (Å²) in [6, 6.07) is 15.5. The maximum absolute atomic E-state index is 12.3. The molecule has 0 unspecified atom stereocenters. The van der Waals surface area contributed by atoms with E-state index in [4.69, 9.17) is 0 Å². The first kappa shape index (κ1) is 14.0. The van der Waals surface area contributed by atoms with Crippen LogP contribution >= 0.6 is 15.9 Å². The fourth-order valence-electron chi connectivity index (χ4n) is 2.00. The van der Waals surface area contributed by atoms with Gasteiger partial charge in [-0.15, -0.1) is 0 Å². The highest BCUT2D eigenvalue weighted by molar-refractivity contribution is 9.10. The van der Waals surface area contributed by atoms with Gasteiger partial charge in [0.1, 0.15) is 0 Å². The lowest BCUT2D eigenvalue weighted by molar-refractivity contribution is 0.103. The first-order chi connectivity index (χ1) is 9.20. The Kier molecular flexibility index (Phi) is 4.92. The number of carbonyl (C=O) groups is 1. The second-order valence-corrected chi connectivity index (χ2v) is 5.56. The quantitative estimate of drug-likeness (QED) is 0.708. The van der Waals surface area contributed by atoms with E-state index < -0.39 is 0 Å². The SMILES string of the molecule is CCCCc1ccc(C(=O)c2cccc(Br)c2)cc1. The maximum Gasteiger partial charge on any atom is 0.193 e. The van der Waals surface area contributed by atoms with Gasteiger partial charge in [0.2, 0.25) is 0 Å². The molecule has 0 aliphatic carbocycles. The highest BCUT2D eigenvalue weighted by Gasteiger charge is 2.08. The van der Waals surface area contributed by atoms with Gasteiger partial charge in [-0.1, -0.05) is 65.7 Å². The van der Waals surface area contributed by atoms with Gasteiger partial charge in [-0.3, -0.25) is 4.79 Å². The van der Waals surface area contributed by atoms with Crippen LogP contribution in [-0.4, -0.2) is 5.78 Å². The van der Waals surface area contributed by atoms with E-state index in [2.05, 4.69) is 35.0 Å². The third-order valence-electron chi connectivity index (χ3n) is 3.12. The predicted molar refractivity (Wildman–Crippen MR) is 82.6 cm³/mol. The Morgan fingerprint density at radius 2 is 1.79 bits per heavy atom.